The van der Waals surface area contributed by atoms with Crippen LogP contribution in [0.1, 0.15) is 63.0 Å². The number of nitrogens with two attached hydrogens (primary N) is 1. The lowest BCUT2D eigenvalue weighted by Crippen LogP contribution is -2.41. The van der Waals surface area contributed by atoms with E-state index >= 15 is 0 Å². The van der Waals surface area contributed by atoms with Gasteiger partial charge in [-0.1, -0.05) is 20.8 Å². The standard InChI is InChI=1S/C15H27N3/c1-6-12-10(2)17-18(11(12)3)14-9-15(4,5)8-7-13(14)16/h13-14H,6-9,16H2,1-5H3. The van der Waals surface area contributed by atoms with E-state index in [0.29, 0.717) is 11.5 Å². The molecule has 1 aromatic rings. The molecule has 102 valence electrons. The van der Waals surface area contributed by atoms with E-state index in [0.717, 1.165) is 19.3 Å². The van der Waals surface area contributed by atoms with E-state index in [9.17, 15) is 0 Å². The summed E-state index contributed by atoms with van der Waals surface area (Å²) in [5, 5.41) is 4.76. The first-order valence-corrected chi connectivity index (χ1v) is 7.16. The van der Waals surface area contributed by atoms with Gasteiger partial charge in [0, 0.05) is 11.7 Å². The van der Waals surface area contributed by atoms with Crippen LogP contribution in [0.15, 0.2) is 0 Å². The molecule has 2 unspecified atom stereocenters. The van der Waals surface area contributed by atoms with E-state index in [1.807, 2.05) is 0 Å². The summed E-state index contributed by atoms with van der Waals surface area (Å²) in [7, 11) is 0. The third kappa shape index (κ3) is 2.33. The van der Waals surface area contributed by atoms with Crippen molar-refractivity contribution in [2.75, 3.05) is 0 Å². The topological polar surface area (TPSA) is 43.8 Å². The molecule has 3 nitrogen and oxygen atoms in total. The molecular weight excluding hydrogens is 222 g/mol. The molecule has 0 bridgehead atoms. The number of rotatable bonds is 2. The Morgan fingerprint density at radius 2 is 2.06 bits per heavy atom. The molecule has 2 atom stereocenters. The van der Waals surface area contributed by atoms with Gasteiger partial charge in [-0.05, 0) is 50.5 Å². The second-order valence-corrected chi connectivity index (χ2v) is 6.59. The summed E-state index contributed by atoms with van der Waals surface area (Å²) in [6.45, 7) is 11.2. The Balaban J connectivity index is 2.35. The van der Waals surface area contributed by atoms with Crippen LogP contribution in [-0.2, 0) is 6.42 Å². The number of hydrogen-bond donors (Lipinski definition) is 1. The van der Waals surface area contributed by atoms with Gasteiger partial charge in [0.2, 0.25) is 0 Å². The molecule has 1 aromatic heterocycles. The Bertz CT molecular complexity index is 431. The van der Waals surface area contributed by atoms with E-state index in [4.69, 9.17) is 10.8 Å². The molecule has 1 aliphatic rings. The quantitative estimate of drug-likeness (QED) is 0.875. The largest absolute Gasteiger partial charge is 0.326 e. The molecular formula is C15H27N3. The van der Waals surface area contributed by atoms with Crippen molar-refractivity contribution in [1.82, 2.24) is 9.78 Å². The Hall–Kier alpha value is -0.830. The average molecular weight is 249 g/mol. The van der Waals surface area contributed by atoms with Crippen molar-refractivity contribution in [2.24, 2.45) is 11.1 Å². The maximum Gasteiger partial charge on any atom is 0.0678 e. The SMILES string of the molecule is CCc1c(C)nn(C2CC(C)(C)CCC2N)c1C. The van der Waals surface area contributed by atoms with Crippen molar-refractivity contribution in [2.45, 2.75) is 72.4 Å². The van der Waals surface area contributed by atoms with E-state index in [1.165, 1.54) is 23.4 Å². The van der Waals surface area contributed by atoms with Gasteiger partial charge in [0.15, 0.2) is 0 Å². The lowest BCUT2D eigenvalue weighted by Gasteiger charge is -2.39. The highest BCUT2D eigenvalue weighted by Gasteiger charge is 2.35. The summed E-state index contributed by atoms with van der Waals surface area (Å²) in [6.07, 6.45) is 4.53. The van der Waals surface area contributed by atoms with Gasteiger partial charge < -0.3 is 5.73 Å². The summed E-state index contributed by atoms with van der Waals surface area (Å²) < 4.78 is 2.21. The summed E-state index contributed by atoms with van der Waals surface area (Å²) >= 11 is 0. The molecule has 0 spiro atoms. The predicted molar refractivity (Wildman–Crippen MR) is 75.7 cm³/mol. The van der Waals surface area contributed by atoms with Crippen LogP contribution in [0.4, 0.5) is 0 Å². The van der Waals surface area contributed by atoms with Crippen molar-refractivity contribution in [3.63, 3.8) is 0 Å². The maximum atomic E-state index is 6.34. The molecule has 0 aliphatic heterocycles. The smallest absolute Gasteiger partial charge is 0.0678 e. The highest BCUT2D eigenvalue weighted by atomic mass is 15.3. The van der Waals surface area contributed by atoms with E-state index < -0.39 is 0 Å². The fourth-order valence-electron chi connectivity index (χ4n) is 3.37. The Morgan fingerprint density at radius 3 is 2.61 bits per heavy atom. The Morgan fingerprint density at radius 1 is 1.39 bits per heavy atom. The number of aryl methyl sites for hydroxylation is 1. The second-order valence-electron chi connectivity index (χ2n) is 6.59. The van der Waals surface area contributed by atoms with E-state index in [-0.39, 0.29) is 6.04 Å². The van der Waals surface area contributed by atoms with Crippen LogP contribution >= 0.6 is 0 Å². The van der Waals surface area contributed by atoms with Crippen molar-refractivity contribution in [3.8, 4) is 0 Å². The van der Waals surface area contributed by atoms with Crippen LogP contribution < -0.4 is 5.73 Å². The van der Waals surface area contributed by atoms with Crippen LogP contribution in [-0.4, -0.2) is 15.8 Å². The minimum Gasteiger partial charge on any atom is -0.326 e. The van der Waals surface area contributed by atoms with Crippen LogP contribution in [0.5, 0.6) is 0 Å². The highest BCUT2D eigenvalue weighted by Crippen LogP contribution is 2.41. The molecule has 1 saturated carbocycles. The third-order valence-corrected chi connectivity index (χ3v) is 4.55. The molecule has 0 aromatic carbocycles. The first kappa shape index (κ1) is 13.6. The third-order valence-electron chi connectivity index (χ3n) is 4.55. The highest BCUT2D eigenvalue weighted by molar-refractivity contribution is 5.25. The van der Waals surface area contributed by atoms with Crippen LogP contribution in [0.3, 0.4) is 0 Å². The van der Waals surface area contributed by atoms with Gasteiger partial charge in [0.1, 0.15) is 0 Å². The van der Waals surface area contributed by atoms with Gasteiger partial charge >= 0.3 is 0 Å². The van der Waals surface area contributed by atoms with E-state index in [2.05, 4.69) is 39.3 Å². The number of hydrogen-bond acceptors (Lipinski definition) is 2. The fourth-order valence-corrected chi connectivity index (χ4v) is 3.37. The number of nitrogens with zero attached hydrogens (tertiary/aromatic N) is 2. The minimum atomic E-state index is 0.251. The molecule has 0 amide bonds. The van der Waals surface area contributed by atoms with Gasteiger partial charge in [0.05, 0.1) is 11.7 Å². The van der Waals surface area contributed by atoms with Crippen LogP contribution in [0.2, 0.25) is 0 Å². The Labute approximate surface area is 111 Å². The zero-order chi connectivity index (χ0) is 13.5. The molecule has 1 heterocycles. The number of aromatic nitrogens is 2. The van der Waals surface area contributed by atoms with Crippen molar-refractivity contribution in [1.29, 1.82) is 0 Å². The van der Waals surface area contributed by atoms with Gasteiger partial charge in [-0.15, -0.1) is 0 Å². The van der Waals surface area contributed by atoms with Crippen LogP contribution in [0.25, 0.3) is 0 Å². The molecule has 0 radical (unpaired) electrons. The fraction of sp³-hybridized carbons (Fsp3) is 0.800. The summed E-state index contributed by atoms with van der Waals surface area (Å²) in [6, 6.07) is 0.619. The second kappa shape index (κ2) is 4.69. The predicted octanol–water partition coefficient (Wildman–Crippen LogP) is 3.14. The average Bonchev–Trinajstić information content (AvgIpc) is 2.57. The minimum absolute atomic E-state index is 0.251. The van der Waals surface area contributed by atoms with Crippen molar-refractivity contribution >= 4 is 0 Å². The first-order chi connectivity index (χ1) is 8.35. The van der Waals surface area contributed by atoms with Gasteiger partial charge in [-0.25, -0.2) is 0 Å². The molecule has 1 fully saturated rings. The molecule has 2 rings (SSSR count). The summed E-state index contributed by atoms with van der Waals surface area (Å²) in [5.41, 5.74) is 10.6. The van der Waals surface area contributed by atoms with Gasteiger partial charge in [0.25, 0.3) is 0 Å². The first-order valence-electron chi connectivity index (χ1n) is 7.16. The van der Waals surface area contributed by atoms with Gasteiger partial charge in [-0.2, -0.15) is 5.10 Å². The molecule has 18 heavy (non-hydrogen) atoms. The zero-order valence-corrected chi connectivity index (χ0v) is 12.5. The maximum absolute atomic E-state index is 6.34. The zero-order valence-electron chi connectivity index (χ0n) is 12.5. The van der Waals surface area contributed by atoms with Crippen molar-refractivity contribution in [3.05, 3.63) is 17.0 Å². The monoisotopic (exact) mass is 249 g/mol. The van der Waals surface area contributed by atoms with Gasteiger partial charge in [-0.3, -0.25) is 4.68 Å². The van der Waals surface area contributed by atoms with Crippen molar-refractivity contribution < 1.29 is 0 Å². The molecule has 2 N–H and O–H groups in total. The summed E-state index contributed by atoms with van der Waals surface area (Å²) in [5.74, 6) is 0. The molecule has 0 saturated heterocycles. The van der Waals surface area contributed by atoms with E-state index in [1.54, 1.807) is 0 Å². The summed E-state index contributed by atoms with van der Waals surface area (Å²) in [4.78, 5) is 0. The normalized spacial score (nSPS) is 27.4. The van der Waals surface area contributed by atoms with Crippen LogP contribution in [0, 0.1) is 19.3 Å². The molecule has 1 aliphatic carbocycles. The lowest BCUT2D eigenvalue weighted by atomic mass is 9.73. The molecule has 3 heteroatoms. The Kier molecular flexibility index (Phi) is 3.54. The lowest BCUT2D eigenvalue weighted by molar-refractivity contribution is 0.151.